The van der Waals surface area contributed by atoms with Crippen molar-refractivity contribution in [3.05, 3.63) is 180 Å². The summed E-state index contributed by atoms with van der Waals surface area (Å²) in [5, 5.41) is 9.01. The summed E-state index contributed by atoms with van der Waals surface area (Å²) in [5.41, 5.74) is 8.38. The minimum Gasteiger partial charge on any atom is -0.456 e. The molecule has 53 heavy (non-hydrogen) atoms. The van der Waals surface area contributed by atoms with Gasteiger partial charge in [0.1, 0.15) is 11.2 Å². The third-order valence-electron chi connectivity index (χ3n) is 10.8. The Morgan fingerprint density at radius 1 is 0.491 bits per heavy atom. The standard InChI is InChI=1S/C49H31N3O/c1-3-13-32-27-35(25-23-30(32)11-1)38-19-9-20-41-45-42(21-10-22-44(45)53-46(38)41)48-50-47(36-26-24-31-12-2-4-14-33(31)28-36)51-49(52-48)43-29-34-15-5-6-16-37(34)39-17-7-8-18-40(39)43/h1-26,28-29,35H,27H2. The molecule has 0 spiro atoms. The summed E-state index contributed by atoms with van der Waals surface area (Å²) < 4.78 is 6.77. The summed E-state index contributed by atoms with van der Waals surface area (Å²) >= 11 is 0. The highest BCUT2D eigenvalue weighted by Crippen LogP contribution is 2.42. The van der Waals surface area contributed by atoms with Crippen LogP contribution in [0.2, 0.25) is 0 Å². The first-order valence-corrected chi connectivity index (χ1v) is 18.1. The lowest BCUT2D eigenvalue weighted by Gasteiger charge is -2.19. The topological polar surface area (TPSA) is 51.8 Å². The first-order chi connectivity index (χ1) is 26.2. The van der Waals surface area contributed by atoms with Crippen LogP contribution >= 0.6 is 0 Å². The van der Waals surface area contributed by atoms with Gasteiger partial charge in [-0.15, -0.1) is 0 Å². The summed E-state index contributed by atoms with van der Waals surface area (Å²) in [6.07, 6.45) is 5.49. The maximum Gasteiger partial charge on any atom is 0.164 e. The maximum atomic E-state index is 6.77. The first kappa shape index (κ1) is 29.8. The van der Waals surface area contributed by atoms with Gasteiger partial charge in [-0.2, -0.15) is 0 Å². The number of aromatic nitrogens is 3. The third kappa shape index (κ3) is 4.87. The van der Waals surface area contributed by atoms with Gasteiger partial charge in [0, 0.05) is 38.9 Å². The van der Waals surface area contributed by atoms with E-state index in [-0.39, 0.29) is 5.92 Å². The highest BCUT2D eigenvalue weighted by atomic mass is 16.3. The zero-order valence-corrected chi connectivity index (χ0v) is 28.7. The van der Waals surface area contributed by atoms with Crippen LogP contribution in [0.4, 0.5) is 0 Å². The van der Waals surface area contributed by atoms with Crippen molar-refractivity contribution in [2.75, 3.05) is 0 Å². The lowest BCUT2D eigenvalue weighted by Crippen LogP contribution is -2.05. The molecule has 0 amide bonds. The highest BCUT2D eigenvalue weighted by Gasteiger charge is 2.23. The number of nitrogens with zero attached hydrogens (tertiary/aromatic N) is 3. The highest BCUT2D eigenvalue weighted by molar-refractivity contribution is 6.14. The van der Waals surface area contributed by atoms with E-state index in [0.717, 1.165) is 61.2 Å². The van der Waals surface area contributed by atoms with E-state index < -0.39 is 0 Å². The van der Waals surface area contributed by atoms with Gasteiger partial charge in [-0.05, 0) is 68.1 Å². The lowest BCUT2D eigenvalue weighted by molar-refractivity contribution is 0.656. The molecular formula is C49H31N3O. The first-order valence-electron chi connectivity index (χ1n) is 18.1. The Kier molecular flexibility index (Phi) is 6.65. The van der Waals surface area contributed by atoms with E-state index in [1.54, 1.807) is 0 Å². The van der Waals surface area contributed by atoms with Crippen LogP contribution < -0.4 is 0 Å². The molecule has 10 aromatic rings. The molecule has 0 fully saturated rings. The SMILES string of the molecule is C1=CC(c2cccc3c2oc2cccc(-c4nc(-c5ccc6ccccc6c5)nc(-c5cc6ccccc6c6ccccc56)n4)c23)Cc2ccccc21. The molecular weight excluding hydrogens is 647 g/mol. The van der Waals surface area contributed by atoms with Gasteiger partial charge < -0.3 is 4.42 Å². The zero-order valence-electron chi connectivity index (χ0n) is 28.7. The molecule has 0 radical (unpaired) electrons. The fourth-order valence-electron chi connectivity index (χ4n) is 8.28. The predicted molar refractivity (Wildman–Crippen MR) is 218 cm³/mol. The van der Waals surface area contributed by atoms with Gasteiger partial charge in [-0.25, -0.2) is 15.0 Å². The second kappa shape index (κ2) is 11.8. The molecule has 1 aliphatic carbocycles. The molecule has 4 nitrogen and oxygen atoms in total. The Balaban J connectivity index is 1.15. The summed E-state index contributed by atoms with van der Waals surface area (Å²) in [6.45, 7) is 0. The summed E-state index contributed by atoms with van der Waals surface area (Å²) in [6, 6.07) is 55.5. The Hall–Kier alpha value is -6.91. The molecule has 0 aliphatic heterocycles. The van der Waals surface area contributed by atoms with E-state index in [2.05, 4.69) is 164 Å². The van der Waals surface area contributed by atoms with Crippen molar-refractivity contribution in [1.29, 1.82) is 0 Å². The maximum absolute atomic E-state index is 6.77. The van der Waals surface area contributed by atoms with Crippen molar-refractivity contribution in [3.8, 4) is 34.2 Å². The number of furan rings is 1. The van der Waals surface area contributed by atoms with E-state index in [4.69, 9.17) is 19.4 Å². The van der Waals surface area contributed by atoms with Crippen molar-refractivity contribution >= 4 is 60.3 Å². The Bertz CT molecular complexity index is 3120. The van der Waals surface area contributed by atoms with Crippen LogP contribution in [0.25, 0.3) is 94.5 Å². The van der Waals surface area contributed by atoms with E-state index in [1.165, 1.54) is 32.8 Å². The molecule has 0 saturated carbocycles. The van der Waals surface area contributed by atoms with Gasteiger partial charge in [0.15, 0.2) is 17.5 Å². The molecule has 4 heteroatoms. The molecule has 11 rings (SSSR count). The number of hydrogen-bond acceptors (Lipinski definition) is 4. The molecule has 0 saturated heterocycles. The van der Waals surface area contributed by atoms with Gasteiger partial charge in [-0.3, -0.25) is 0 Å². The summed E-state index contributed by atoms with van der Waals surface area (Å²) in [5.74, 6) is 2.09. The van der Waals surface area contributed by atoms with Gasteiger partial charge in [0.05, 0.1) is 0 Å². The third-order valence-corrected chi connectivity index (χ3v) is 10.8. The number of rotatable bonds is 4. The predicted octanol–water partition coefficient (Wildman–Crippen LogP) is 12.6. The van der Waals surface area contributed by atoms with Gasteiger partial charge >= 0.3 is 0 Å². The summed E-state index contributed by atoms with van der Waals surface area (Å²) in [7, 11) is 0. The molecule has 1 unspecified atom stereocenters. The monoisotopic (exact) mass is 677 g/mol. The Morgan fingerprint density at radius 3 is 2.09 bits per heavy atom. The van der Waals surface area contributed by atoms with Crippen molar-refractivity contribution in [3.63, 3.8) is 0 Å². The Morgan fingerprint density at radius 2 is 1.19 bits per heavy atom. The van der Waals surface area contributed by atoms with Crippen LogP contribution in [-0.2, 0) is 6.42 Å². The molecule has 1 aliphatic rings. The number of hydrogen-bond donors (Lipinski definition) is 0. The van der Waals surface area contributed by atoms with E-state index in [1.807, 2.05) is 6.07 Å². The molecule has 2 heterocycles. The van der Waals surface area contributed by atoms with Crippen molar-refractivity contribution in [2.24, 2.45) is 0 Å². The van der Waals surface area contributed by atoms with Crippen LogP contribution in [0.3, 0.4) is 0 Å². The second-order valence-electron chi connectivity index (χ2n) is 13.9. The normalized spacial score (nSPS) is 14.1. The quantitative estimate of drug-likeness (QED) is 0.174. The van der Waals surface area contributed by atoms with Crippen LogP contribution in [-0.4, -0.2) is 15.0 Å². The lowest BCUT2D eigenvalue weighted by atomic mass is 9.84. The van der Waals surface area contributed by atoms with Crippen LogP contribution in [0.15, 0.2) is 168 Å². The van der Waals surface area contributed by atoms with Crippen LogP contribution in [0, 0.1) is 0 Å². The molecule has 1 atom stereocenters. The minimum absolute atomic E-state index is 0.210. The number of para-hydroxylation sites is 1. The molecule has 0 bridgehead atoms. The average Bonchev–Trinajstić information content (AvgIpc) is 3.62. The van der Waals surface area contributed by atoms with E-state index in [0.29, 0.717) is 17.5 Å². The zero-order chi connectivity index (χ0) is 34.9. The van der Waals surface area contributed by atoms with E-state index >= 15 is 0 Å². The van der Waals surface area contributed by atoms with Crippen molar-refractivity contribution in [2.45, 2.75) is 12.3 Å². The number of fused-ring (bicyclic) bond motifs is 8. The average molecular weight is 678 g/mol. The number of benzene rings is 8. The second-order valence-corrected chi connectivity index (χ2v) is 13.9. The molecule has 0 N–H and O–H groups in total. The minimum atomic E-state index is 0.210. The largest absolute Gasteiger partial charge is 0.456 e. The molecule has 2 aromatic heterocycles. The fourth-order valence-corrected chi connectivity index (χ4v) is 8.28. The Labute approximate surface area is 305 Å². The smallest absolute Gasteiger partial charge is 0.164 e. The van der Waals surface area contributed by atoms with Crippen molar-refractivity contribution in [1.82, 2.24) is 15.0 Å². The fraction of sp³-hybridized carbons (Fsp3) is 0.0408. The van der Waals surface area contributed by atoms with Gasteiger partial charge in [0.25, 0.3) is 0 Å². The van der Waals surface area contributed by atoms with Crippen molar-refractivity contribution < 1.29 is 4.42 Å². The summed E-state index contributed by atoms with van der Waals surface area (Å²) in [4.78, 5) is 15.8. The molecule has 248 valence electrons. The van der Waals surface area contributed by atoms with Gasteiger partial charge in [-0.1, -0.05) is 152 Å². The molecule has 8 aromatic carbocycles. The number of allylic oxidation sites excluding steroid dienone is 1. The van der Waals surface area contributed by atoms with Gasteiger partial charge in [0.2, 0.25) is 0 Å². The van der Waals surface area contributed by atoms with E-state index in [9.17, 15) is 0 Å². The van der Waals surface area contributed by atoms with Crippen LogP contribution in [0.5, 0.6) is 0 Å². The van der Waals surface area contributed by atoms with Crippen LogP contribution in [0.1, 0.15) is 22.6 Å².